The molecule has 2 rings (SSSR count). The lowest BCUT2D eigenvalue weighted by molar-refractivity contribution is 0.510. The van der Waals surface area contributed by atoms with Gasteiger partial charge in [0.25, 0.3) is 0 Å². The van der Waals surface area contributed by atoms with E-state index < -0.39 is 0 Å². The predicted molar refractivity (Wildman–Crippen MR) is 102 cm³/mol. The van der Waals surface area contributed by atoms with Crippen molar-refractivity contribution in [1.29, 1.82) is 0 Å². The topological polar surface area (TPSA) is 21.3 Å². The molecule has 3 heteroatoms. The summed E-state index contributed by atoms with van der Waals surface area (Å²) in [6.07, 6.45) is 7.91. The van der Waals surface area contributed by atoms with Crippen LogP contribution in [0.4, 0.5) is 0 Å². The SMILES string of the molecule is C=C(CCC)NC1BOc2c(cccc2C(=C)CCCCC)C1. The fourth-order valence-electron chi connectivity index (χ4n) is 3.18. The molecule has 1 N–H and O–H groups in total. The summed E-state index contributed by atoms with van der Waals surface area (Å²) in [5, 5.41) is 3.51. The second-order valence-corrected chi connectivity index (χ2v) is 6.56. The summed E-state index contributed by atoms with van der Waals surface area (Å²) >= 11 is 0. The normalized spacial score (nSPS) is 16.0. The first kappa shape index (κ1) is 17.7. The largest absolute Gasteiger partial charge is 0.561 e. The second-order valence-electron chi connectivity index (χ2n) is 6.56. The van der Waals surface area contributed by atoms with Crippen molar-refractivity contribution in [1.82, 2.24) is 5.32 Å². The molecule has 2 nitrogen and oxygen atoms in total. The molecule has 124 valence electrons. The third kappa shape index (κ3) is 4.92. The number of allylic oxidation sites excluding steroid dienone is 2. The Labute approximate surface area is 142 Å². The van der Waals surface area contributed by atoms with E-state index in [0.29, 0.717) is 13.4 Å². The number of rotatable bonds is 9. The van der Waals surface area contributed by atoms with Crippen molar-refractivity contribution in [3.63, 3.8) is 0 Å². The fraction of sp³-hybridized carbons (Fsp3) is 0.500. The molecule has 0 saturated heterocycles. The van der Waals surface area contributed by atoms with E-state index in [1.54, 1.807) is 0 Å². The highest BCUT2D eigenvalue weighted by Gasteiger charge is 2.24. The van der Waals surface area contributed by atoms with Crippen LogP contribution in [-0.4, -0.2) is 13.4 Å². The number of fused-ring (bicyclic) bond motifs is 1. The Kier molecular flexibility index (Phi) is 6.82. The van der Waals surface area contributed by atoms with Crippen LogP contribution in [0.5, 0.6) is 5.75 Å². The minimum Gasteiger partial charge on any atom is -0.561 e. The zero-order valence-corrected chi connectivity index (χ0v) is 14.8. The van der Waals surface area contributed by atoms with Crippen LogP contribution >= 0.6 is 0 Å². The van der Waals surface area contributed by atoms with Gasteiger partial charge >= 0.3 is 7.48 Å². The lowest BCUT2D eigenvalue weighted by atomic mass is 9.78. The minimum absolute atomic E-state index is 0.324. The van der Waals surface area contributed by atoms with Crippen LogP contribution in [0.1, 0.15) is 63.5 Å². The second kappa shape index (κ2) is 8.86. The molecule has 0 saturated carbocycles. The van der Waals surface area contributed by atoms with Crippen LogP contribution in [0.2, 0.25) is 0 Å². The first-order valence-electron chi connectivity index (χ1n) is 9.02. The lowest BCUT2D eigenvalue weighted by Gasteiger charge is -2.28. The van der Waals surface area contributed by atoms with E-state index in [1.165, 1.54) is 36.0 Å². The Balaban J connectivity index is 2.03. The molecular formula is C20H30BNO. The van der Waals surface area contributed by atoms with E-state index in [1.807, 2.05) is 0 Å². The number of unbranched alkanes of at least 4 members (excludes halogenated alkanes) is 2. The van der Waals surface area contributed by atoms with E-state index in [0.717, 1.165) is 37.1 Å². The van der Waals surface area contributed by atoms with Crippen LogP contribution in [0, 0.1) is 0 Å². The highest BCUT2D eigenvalue weighted by Crippen LogP contribution is 2.34. The molecule has 0 radical (unpaired) electrons. The summed E-state index contributed by atoms with van der Waals surface area (Å²) in [7, 11) is 0.703. The van der Waals surface area contributed by atoms with Gasteiger partial charge in [0.15, 0.2) is 0 Å². The molecule has 0 aromatic heterocycles. The van der Waals surface area contributed by atoms with E-state index >= 15 is 0 Å². The lowest BCUT2D eigenvalue weighted by Crippen LogP contribution is -2.41. The maximum atomic E-state index is 6.11. The van der Waals surface area contributed by atoms with Crippen molar-refractivity contribution < 1.29 is 4.65 Å². The van der Waals surface area contributed by atoms with Gasteiger partial charge in [0.1, 0.15) is 5.75 Å². The molecular weight excluding hydrogens is 281 g/mol. The molecule has 0 amide bonds. The highest BCUT2D eigenvalue weighted by atomic mass is 16.4. The molecule has 0 fully saturated rings. The molecule has 0 bridgehead atoms. The summed E-state index contributed by atoms with van der Waals surface area (Å²) in [6.45, 7) is 12.8. The number of benzene rings is 1. The number of hydrogen-bond donors (Lipinski definition) is 1. The van der Waals surface area contributed by atoms with Gasteiger partial charge in [-0.3, -0.25) is 0 Å². The first-order valence-corrected chi connectivity index (χ1v) is 9.02. The van der Waals surface area contributed by atoms with Crippen LogP contribution in [-0.2, 0) is 6.42 Å². The molecule has 23 heavy (non-hydrogen) atoms. The zero-order valence-electron chi connectivity index (χ0n) is 14.8. The Morgan fingerprint density at radius 3 is 2.78 bits per heavy atom. The van der Waals surface area contributed by atoms with E-state index in [2.05, 4.69) is 50.5 Å². The summed E-state index contributed by atoms with van der Waals surface area (Å²) < 4.78 is 6.11. The molecule has 0 aliphatic carbocycles. The minimum atomic E-state index is 0.324. The standard InChI is InChI=1S/C20H30BNO/c1-5-7-8-11-15(3)18-13-9-12-17-14-19(21-23-20(17)18)22-16(4)10-6-2/h9,12-13,19,21-22H,3-8,10-11,14H2,1-2H3. The molecule has 1 atom stereocenters. The van der Waals surface area contributed by atoms with Crippen molar-refractivity contribution in [3.8, 4) is 5.75 Å². The van der Waals surface area contributed by atoms with Gasteiger partial charge in [-0.15, -0.1) is 0 Å². The summed E-state index contributed by atoms with van der Waals surface area (Å²) in [6, 6.07) is 6.46. The fourth-order valence-corrected chi connectivity index (χ4v) is 3.18. The molecule has 1 aliphatic heterocycles. The van der Waals surface area contributed by atoms with Crippen LogP contribution in [0.15, 0.2) is 37.1 Å². The zero-order chi connectivity index (χ0) is 16.7. The average Bonchev–Trinajstić information content (AvgIpc) is 2.54. The van der Waals surface area contributed by atoms with Gasteiger partial charge in [-0.25, -0.2) is 0 Å². The Morgan fingerprint density at radius 1 is 1.22 bits per heavy atom. The highest BCUT2D eigenvalue weighted by molar-refractivity contribution is 6.31. The number of para-hydroxylation sites is 1. The van der Waals surface area contributed by atoms with E-state index in [-0.39, 0.29) is 0 Å². The maximum absolute atomic E-state index is 6.11. The molecule has 1 heterocycles. The van der Waals surface area contributed by atoms with Crippen LogP contribution in [0.3, 0.4) is 0 Å². The van der Waals surface area contributed by atoms with Crippen molar-refractivity contribution >= 4 is 13.1 Å². The monoisotopic (exact) mass is 311 g/mol. The van der Waals surface area contributed by atoms with Gasteiger partial charge in [-0.1, -0.05) is 64.5 Å². The number of hydrogen-bond acceptors (Lipinski definition) is 2. The molecule has 1 aliphatic rings. The third-order valence-corrected chi connectivity index (χ3v) is 4.41. The van der Waals surface area contributed by atoms with Crippen molar-refractivity contribution in [2.24, 2.45) is 0 Å². The quantitative estimate of drug-likeness (QED) is 0.522. The third-order valence-electron chi connectivity index (χ3n) is 4.41. The van der Waals surface area contributed by atoms with E-state index in [4.69, 9.17) is 4.65 Å². The van der Waals surface area contributed by atoms with Crippen molar-refractivity contribution in [2.75, 3.05) is 0 Å². The Hall–Kier alpha value is -1.64. The summed E-state index contributed by atoms with van der Waals surface area (Å²) in [4.78, 5) is 0. The first-order chi connectivity index (χ1) is 11.2. The Morgan fingerprint density at radius 2 is 2.04 bits per heavy atom. The molecule has 1 aromatic rings. The van der Waals surface area contributed by atoms with E-state index in [9.17, 15) is 0 Å². The number of nitrogens with one attached hydrogen (secondary N) is 1. The Bertz CT molecular complexity index is 553. The van der Waals surface area contributed by atoms with Gasteiger partial charge in [0, 0.05) is 17.2 Å². The van der Waals surface area contributed by atoms with Gasteiger partial charge in [0.2, 0.25) is 0 Å². The average molecular weight is 311 g/mol. The summed E-state index contributed by atoms with van der Waals surface area (Å²) in [5.41, 5.74) is 4.80. The molecule has 0 spiro atoms. The van der Waals surface area contributed by atoms with Gasteiger partial charge < -0.3 is 9.97 Å². The predicted octanol–water partition coefficient (Wildman–Crippen LogP) is 4.80. The molecule has 1 unspecified atom stereocenters. The summed E-state index contributed by atoms with van der Waals surface area (Å²) in [5.74, 6) is 1.37. The maximum Gasteiger partial charge on any atom is 0.362 e. The van der Waals surface area contributed by atoms with Crippen LogP contribution in [0.25, 0.3) is 5.57 Å². The smallest absolute Gasteiger partial charge is 0.362 e. The van der Waals surface area contributed by atoms with Crippen molar-refractivity contribution in [2.45, 2.75) is 64.7 Å². The van der Waals surface area contributed by atoms with Gasteiger partial charge in [-0.2, -0.15) is 0 Å². The van der Waals surface area contributed by atoms with Crippen molar-refractivity contribution in [3.05, 3.63) is 48.2 Å². The molecule has 1 aromatic carbocycles. The van der Waals surface area contributed by atoms with Gasteiger partial charge in [-0.05, 0) is 36.8 Å². The van der Waals surface area contributed by atoms with Gasteiger partial charge in [0.05, 0.1) is 0 Å². The van der Waals surface area contributed by atoms with Crippen LogP contribution < -0.4 is 9.97 Å².